The summed E-state index contributed by atoms with van der Waals surface area (Å²) in [7, 11) is 0. The maximum Gasteiger partial charge on any atom is 0.111 e. The van der Waals surface area contributed by atoms with E-state index in [9.17, 15) is 0 Å². The number of hydrogen-bond donors (Lipinski definition) is 0. The molecule has 3 rings (SSSR count). The Labute approximate surface area is 119 Å². The lowest BCUT2D eigenvalue weighted by Crippen LogP contribution is -2.24. The summed E-state index contributed by atoms with van der Waals surface area (Å²) in [5.74, 6) is 2.60. The molecule has 1 aromatic heterocycles. The van der Waals surface area contributed by atoms with E-state index in [4.69, 9.17) is 16.6 Å². The maximum absolute atomic E-state index is 5.95. The molecule has 0 aliphatic heterocycles. The second-order valence-electron chi connectivity index (χ2n) is 5.71. The standard InChI is InChI=1S/C16H21ClN2/c1-11-5-3-8-14-16(11)19(15(18-14)9-10-17)12(2)13-6-4-7-13/h3,5,8,12-13H,4,6-7,9-10H2,1-2H3. The molecule has 0 radical (unpaired) electrons. The lowest BCUT2D eigenvalue weighted by Gasteiger charge is -2.33. The second kappa shape index (κ2) is 5.16. The van der Waals surface area contributed by atoms with Crippen LogP contribution in [0.3, 0.4) is 0 Å². The van der Waals surface area contributed by atoms with E-state index in [1.165, 1.54) is 30.3 Å². The average Bonchev–Trinajstić information content (AvgIpc) is 2.66. The number of aromatic nitrogens is 2. The van der Waals surface area contributed by atoms with Gasteiger partial charge < -0.3 is 4.57 Å². The SMILES string of the molecule is Cc1cccc2nc(CCCl)n(C(C)C3CCC3)c12. The van der Waals surface area contributed by atoms with E-state index in [1.54, 1.807) is 0 Å². The first kappa shape index (κ1) is 13.0. The highest BCUT2D eigenvalue weighted by molar-refractivity contribution is 6.17. The van der Waals surface area contributed by atoms with Crippen molar-refractivity contribution in [1.82, 2.24) is 9.55 Å². The van der Waals surface area contributed by atoms with Crippen LogP contribution in [0, 0.1) is 12.8 Å². The van der Waals surface area contributed by atoms with Crippen LogP contribution in [0.5, 0.6) is 0 Å². The molecule has 1 aliphatic rings. The van der Waals surface area contributed by atoms with E-state index in [0.29, 0.717) is 11.9 Å². The van der Waals surface area contributed by atoms with Gasteiger partial charge in [-0.1, -0.05) is 18.6 Å². The van der Waals surface area contributed by atoms with E-state index in [2.05, 4.69) is 36.6 Å². The number of nitrogens with zero attached hydrogens (tertiary/aromatic N) is 2. The fraction of sp³-hybridized carbons (Fsp3) is 0.562. The molecule has 0 N–H and O–H groups in total. The number of alkyl halides is 1. The number of hydrogen-bond acceptors (Lipinski definition) is 1. The molecule has 19 heavy (non-hydrogen) atoms. The number of imidazole rings is 1. The molecule has 1 heterocycles. The predicted molar refractivity (Wildman–Crippen MR) is 80.9 cm³/mol. The van der Waals surface area contributed by atoms with Crippen molar-refractivity contribution >= 4 is 22.6 Å². The number of halogens is 1. The molecule has 0 bridgehead atoms. The summed E-state index contributed by atoms with van der Waals surface area (Å²) in [6.07, 6.45) is 4.94. The van der Waals surface area contributed by atoms with Crippen LogP contribution in [0.2, 0.25) is 0 Å². The maximum atomic E-state index is 5.95. The summed E-state index contributed by atoms with van der Waals surface area (Å²) in [6.45, 7) is 4.52. The molecule has 1 fully saturated rings. The third kappa shape index (κ3) is 2.16. The molecule has 1 atom stereocenters. The molecule has 2 nitrogen and oxygen atoms in total. The molecule has 1 aromatic carbocycles. The van der Waals surface area contributed by atoms with Gasteiger partial charge in [0.15, 0.2) is 0 Å². The number of para-hydroxylation sites is 1. The van der Waals surface area contributed by atoms with Gasteiger partial charge in [0.05, 0.1) is 11.0 Å². The molecule has 0 saturated heterocycles. The normalized spacial score (nSPS) is 17.6. The summed E-state index contributed by atoms with van der Waals surface area (Å²) >= 11 is 5.95. The van der Waals surface area contributed by atoms with Gasteiger partial charge in [0.1, 0.15) is 5.82 Å². The summed E-state index contributed by atoms with van der Waals surface area (Å²) < 4.78 is 2.46. The van der Waals surface area contributed by atoms with Crippen LogP contribution < -0.4 is 0 Å². The lowest BCUT2D eigenvalue weighted by atomic mass is 9.80. The minimum atomic E-state index is 0.540. The summed E-state index contributed by atoms with van der Waals surface area (Å²) in [4.78, 5) is 4.80. The van der Waals surface area contributed by atoms with Crippen molar-refractivity contribution in [2.75, 3.05) is 5.88 Å². The van der Waals surface area contributed by atoms with Gasteiger partial charge in [0, 0.05) is 18.3 Å². The smallest absolute Gasteiger partial charge is 0.111 e. The molecule has 1 saturated carbocycles. The Bertz CT molecular complexity index is 584. The first-order valence-electron chi connectivity index (χ1n) is 7.24. The van der Waals surface area contributed by atoms with Crippen LogP contribution in [0.1, 0.15) is 43.6 Å². The first-order valence-corrected chi connectivity index (χ1v) is 7.78. The highest BCUT2D eigenvalue weighted by Crippen LogP contribution is 2.38. The van der Waals surface area contributed by atoms with E-state index >= 15 is 0 Å². The predicted octanol–water partition coefficient (Wildman–Crippen LogP) is 4.49. The van der Waals surface area contributed by atoms with Gasteiger partial charge in [0.2, 0.25) is 0 Å². The second-order valence-corrected chi connectivity index (χ2v) is 6.09. The van der Waals surface area contributed by atoms with Gasteiger partial charge in [0.25, 0.3) is 0 Å². The fourth-order valence-corrected chi connectivity index (χ4v) is 3.37. The molecule has 102 valence electrons. The molecule has 2 aromatic rings. The van der Waals surface area contributed by atoms with Gasteiger partial charge in [-0.05, 0) is 44.2 Å². The molecular formula is C16H21ClN2. The monoisotopic (exact) mass is 276 g/mol. The molecular weight excluding hydrogens is 256 g/mol. The van der Waals surface area contributed by atoms with Gasteiger partial charge in [-0.2, -0.15) is 0 Å². The minimum absolute atomic E-state index is 0.540. The van der Waals surface area contributed by atoms with Crippen molar-refractivity contribution in [3.05, 3.63) is 29.6 Å². The van der Waals surface area contributed by atoms with E-state index in [1.807, 2.05) is 0 Å². The quantitative estimate of drug-likeness (QED) is 0.753. The van der Waals surface area contributed by atoms with Gasteiger partial charge in [-0.3, -0.25) is 0 Å². The van der Waals surface area contributed by atoms with Gasteiger partial charge in [-0.25, -0.2) is 4.98 Å². The zero-order valence-electron chi connectivity index (χ0n) is 11.7. The lowest BCUT2D eigenvalue weighted by molar-refractivity contribution is 0.223. The summed E-state index contributed by atoms with van der Waals surface area (Å²) in [5, 5.41) is 0. The minimum Gasteiger partial charge on any atom is -0.325 e. The number of fused-ring (bicyclic) bond motifs is 1. The molecule has 1 unspecified atom stereocenters. The van der Waals surface area contributed by atoms with Crippen molar-refractivity contribution in [1.29, 1.82) is 0 Å². The van der Waals surface area contributed by atoms with Crippen LogP contribution in [0.15, 0.2) is 18.2 Å². The van der Waals surface area contributed by atoms with Gasteiger partial charge >= 0.3 is 0 Å². The van der Waals surface area contributed by atoms with Crippen LogP contribution in [-0.4, -0.2) is 15.4 Å². The topological polar surface area (TPSA) is 17.8 Å². The van der Waals surface area contributed by atoms with Crippen molar-refractivity contribution < 1.29 is 0 Å². The van der Waals surface area contributed by atoms with Crippen LogP contribution in [-0.2, 0) is 6.42 Å². The van der Waals surface area contributed by atoms with Crippen molar-refractivity contribution in [2.24, 2.45) is 5.92 Å². The van der Waals surface area contributed by atoms with Crippen LogP contribution in [0.25, 0.3) is 11.0 Å². The Morgan fingerprint density at radius 3 is 2.84 bits per heavy atom. The number of rotatable bonds is 4. The van der Waals surface area contributed by atoms with Crippen molar-refractivity contribution in [2.45, 2.75) is 45.6 Å². The number of aryl methyl sites for hydroxylation is 2. The highest BCUT2D eigenvalue weighted by Gasteiger charge is 2.28. The highest BCUT2D eigenvalue weighted by atomic mass is 35.5. The first-order chi connectivity index (χ1) is 9.22. The molecule has 0 amide bonds. The van der Waals surface area contributed by atoms with E-state index in [-0.39, 0.29) is 0 Å². The molecule has 3 heteroatoms. The van der Waals surface area contributed by atoms with E-state index in [0.717, 1.165) is 23.7 Å². The summed E-state index contributed by atoms with van der Waals surface area (Å²) in [5.41, 5.74) is 3.74. The Hall–Kier alpha value is -1.02. The Kier molecular flexibility index (Phi) is 3.53. The fourth-order valence-electron chi connectivity index (χ4n) is 3.20. The zero-order valence-corrected chi connectivity index (χ0v) is 12.5. The Morgan fingerprint density at radius 1 is 1.42 bits per heavy atom. The van der Waals surface area contributed by atoms with Crippen molar-refractivity contribution in [3.63, 3.8) is 0 Å². The largest absolute Gasteiger partial charge is 0.325 e. The zero-order chi connectivity index (χ0) is 13.4. The molecule has 1 aliphatic carbocycles. The van der Waals surface area contributed by atoms with Crippen molar-refractivity contribution in [3.8, 4) is 0 Å². The van der Waals surface area contributed by atoms with E-state index < -0.39 is 0 Å². The third-order valence-corrected chi connectivity index (χ3v) is 4.73. The third-order valence-electron chi connectivity index (χ3n) is 4.54. The van der Waals surface area contributed by atoms with Crippen LogP contribution in [0.4, 0.5) is 0 Å². The average molecular weight is 277 g/mol. The summed E-state index contributed by atoms with van der Waals surface area (Å²) in [6, 6.07) is 6.92. The molecule has 0 spiro atoms. The van der Waals surface area contributed by atoms with Gasteiger partial charge in [-0.15, -0.1) is 11.6 Å². The Morgan fingerprint density at radius 2 is 2.21 bits per heavy atom. The Balaban J connectivity index is 2.14. The number of benzene rings is 1. The van der Waals surface area contributed by atoms with Crippen LogP contribution >= 0.6 is 11.6 Å².